The van der Waals surface area contributed by atoms with Crippen LogP contribution in [0.5, 0.6) is 5.75 Å². The zero-order valence-corrected chi connectivity index (χ0v) is 25.9. The average Bonchev–Trinajstić information content (AvgIpc) is 3.68. The van der Waals surface area contributed by atoms with Crippen LogP contribution in [0.25, 0.3) is 11.0 Å². The lowest BCUT2D eigenvalue weighted by Crippen LogP contribution is -2.45. The Hall–Kier alpha value is -5.12. The molecule has 6 rings (SSSR count). The minimum atomic E-state index is -0.567. The first-order valence-electron chi connectivity index (χ1n) is 15.2. The summed E-state index contributed by atoms with van der Waals surface area (Å²) in [5, 5.41) is 8.94. The largest absolute Gasteiger partial charge is 0.484 e. The third-order valence-electron chi connectivity index (χ3n) is 8.22. The lowest BCUT2D eigenvalue weighted by atomic mass is 10.2. The highest BCUT2D eigenvalue weighted by Crippen LogP contribution is 2.23. The predicted molar refractivity (Wildman–Crippen MR) is 168 cm³/mol. The maximum atomic E-state index is 14.2. The molecule has 0 saturated carbocycles. The van der Waals surface area contributed by atoms with Crippen LogP contribution in [0.15, 0.2) is 67.1 Å². The number of aryl methyl sites for hydroxylation is 1. The van der Waals surface area contributed by atoms with Crippen molar-refractivity contribution in [2.75, 3.05) is 33.3 Å². The van der Waals surface area contributed by atoms with E-state index in [1.165, 1.54) is 19.2 Å². The number of rotatable bonds is 11. The second-order valence-corrected chi connectivity index (χ2v) is 11.2. The number of carbonyl (C=O) groups excluding carboxylic acids is 1. The summed E-state index contributed by atoms with van der Waals surface area (Å²) in [7, 11) is 1.39. The number of carbonyl (C=O) groups is 1. The van der Waals surface area contributed by atoms with Crippen LogP contribution in [-0.4, -0.2) is 73.1 Å². The summed E-state index contributed by atoms with van der Waals surface area (Å²) in [6, 6.07) is 17.4. The Morgan fingerprint density at radius 2 is 1.76 bits per heavy atom. The van der Waals surface area contributed by atoms with Gasteiger partial charge in [0.1, 0.15) is 12.4 Å². The Labute approximate surface area is 266 Å². The number of nitriles is 1. The number of methoxy groups -OCH3 is 1. The minimum Gasteiger partial charge on any atom is -0.484 e. The molecule has 0 aliphatic carbocycles. The van der Waals surface area contributed by atoms with Crippen LogP contribution in [-0.2, 0) is 37.5 Å². The number of fused-ring (bicyclic) bond motifs is 1. The van der Waals surface area contributed by atoms with Crippen molar-refractivity contribution in [3.8, 4) is 11.8 Å². The SMILES string of the molecule is CCn1cncc1Cn1c(CN2CCN(Cc3cccc(COc4ccc(C#N)cc4F)n3)CC2)nc2ccc(C(=O)OC)cc21. The number of esters is 1. The zero-order valence-electron chi connectivity index (χ0n) is 25.9. The van der Waals surface area contributed by atoms with Gasteiger partial charge in [-0.1, -0.05) is 6.07 Å². The van der Waals surface area contributed by atoms with Crippen LogP contribution in [0.4, 0.5) is 4.39 Å². The van der Waals surface area contributed by atoms with Crippen molar-refractivity contribution in [1.82, 2.24) is 33.9 Å². The van der Waals surface area contributed by atoms with E-state index in [0.29, 0.717) is 30.9 Å². The Morgan fingerprint density at radius 1 is 0.978 bits per heavy atom. The van der Waals surface area contributed by atoms with Crippen LogP contribution < -0.4 is 4.74 Å². The van der Waals surface area contributed by atoms with Crippen molar-refractivity contribution in [3.05, 3.63) is 107 Å². The summed E-state index contributed by atoms with van der Waals surface area (Å²) in [5.41, 5.74) is 5.16. The molecule has 2 aromatic carbocycles. The third kappa shape index (κ3) is 6.91. The minimum absolute atomic E-state index is 0.0933. The van der Waals surface area contributed by atoms with Crippen molar-refractivity contribution in [1.29, 1.82) is 5.26 Å². The number of hydrogen-bond acceptors (Lipinski definition) is 9. The first kappa shape index (κ1) is 30.9. The highest BCUT2D eigenvalue weighted by atomic mass is 19.1. The third-order valence-corrected chi connectivity index (χ3v) is 8.22. The molecule has 0 bridgehead atoms. The summed E-state index contributed by atoms with van der Waals surface area (Å²) in [4.78, 5) is 31.1. The molecule has 0 spiro atoms. The highest BCUT2D eigenvalue weighted by molar-refractivity contribution is 5.93. The van der Waals surface area contributed by atoms with E-state index >= 15 is 0 Å². The maximum Gasteiger partial charge on any atom is 0.337 e. The molecule has 0 atom stereocenters. The summed E-state index contributed by atoms with van der Waals surface area (Å²) < 4.78 is 29.1. The van der Waals surface area contributed by atoms with Crippen molar-refractivity contribution in [2.24, 2.45) is 0 Å². The number of ether oxygens (including phenoxy) is 2. The highest BCUT2D eigenvalue weighted by Gasteiger charge is 2.22. The Morgan fingerprint density at radius 3 is 2.50 bits per heavy atom. The van der Waals surface area contributed by atoms with Gasteiger partial charge in [0.25, 0.3) is 0 Å². The second-order valence-electron chi connectivity index (χ2n) is 11.2. The van der Waals surface area contributed by atoms with Crippen molar-refractivity contribution >= 4 is 17.0 Å². The predicted octanol–water partition coefficient (Wildman–Crippen LogP) is 4.39. The molecule has 5 aromatic rings. The van der Waals surface area contributed by atoms with E-state index in [4.69, 9.17) is 24.7 Å². The fourth-order valence-corrected chi connectivity index (χ4v) is 5.71. The molecule has 1 fully saturated rings. The number of hydrogen-bond donors (Lipinski definition) is 0. The quantitative estimate of drug-likeness (QED) is 0.198. The van der Waals surface area contributed by atoms with Gasteiger partial charge in [-0.25, -0.2) is 19.2 Å². The summed E-state index contributed by atoms with van der Waals surface area (Å²) >= 11 is 0. The summed E-state index contributed by atoms with van der Waals surface area (Å²) in [6.07, 6.45) is 3.71. The molecular formula is C34H35FN8O3. The zero-order chi connectivity index (χ0) is 32.0. The first-order valence-corrected chi connectivity index (χ1v) is 15.2. The van der Waals surface area contributed by atoms with Gasteiger partial charge in [-0.3, -0.25) is 14.8 Å². The average molecular weight is 623 g/mol. The van der Waals surface area contributed by atoms with E-state index in [2.05, 4.69) is 30.8 Å². The number of halogens is 1. The summed E-state index contributed by atoms with van der Waals surface area (Å²) in [5.74, 6) is 0.0824. The van der Waals surface area contributed by atoms with E-state index in [9.17, 15) is 9.18 Å². The second kappa shape index (κ2) is 13.9. The van der Waals surface area contributed by atoms with Gasteiger partial charge in [-0.05, 0) is 55.5 Å². The van der Waals surface area contributed by atoms with Crippen molar-refractivity contribution in [3.63, 3.8) is 0 Å². The van der Waals surface area contributed by atoms with Crippen LogP contribution in [0.3, 0.4) is 0 Å². The molecule has 12 heteroatoms. The molecule has 0 N–H and O–H groups in total. The monoisotopic (exact) mass is 622 g/mol. The van der Waals surface area contributed by atoms with E-state index in [1.54, 1.807) is 6.07 Å². The lowest BCUT2D eigenvalue weighted by molar-refractivity contribution is 0.0601. The molecule has 1 saturated heterocycles. The van der Waals surface area contributed by atoms with Crippen LogP contribution in [0, 0.1) is 17.1 Å². The molecule has 1 aliphatic rings. The van der Waals surface area contributed by atoms with Gasteiger partial charge >= 0.3 is 5.97 Å². The fourth-order valence-electron chi connectivity index (χ4n) is 5.71. The van der Waals surface area contributed by atoms with Crippen molar-refractivity contribution in [2.45, 2.75) is 39.7 Å². The normalized spacial score (nSPS) is 14.0. The number of pyridine rings is 1. The number of nitrogens with zero attached hydrogens (tertiary/aromatic N) is 8. The van der Waals surface area contributed by atoms with E-state index in [1.807, 2.05) is 48.9 Å². The Kier molecular flexibility index (Phi) is 9.33. The van der Waals surface area contributed by atoms with Crippen molar-refractivity contribution < 1.29 is 18.7 Å². The molecule has 3 aromatic heterocycles. The van der Waals surface area contributed by atoms with Gasteiger partial charge in [0.05, 0.1) is 71.8 Å². The molecular weight excluding hydrogens is 587 g/mol. The van der Waals surface area contributed by atoms with E-state index in [0.717, 1.165) is 67.0 Å². The molecule has 11 nitrogen and oxygen atoms in total. The van der Waals surface area contributed by atoms with E-state index in [-0.39, 0.29) is 23.9 Å². The number of piperazine rings is 1. The van der Waals surface area contributed by atoms with Gasteiger partial charge in [0, 0.05) is 45.5 Å². The maximum absolute atomic E-state index is 14.2. The summed E-state index contributed by atoms with van der Waals surface area (Å²) in [6.45, 7) is 8.46. The molecule has 46 heavy (non-hydrogen) atoms. The van der Waals surface area contributed by atoms with Crippen LogP contribution in [0.2, 0.25) is 0 Å². The topological polar surface area (TPSA) is 114 Å². The standard InChI is InChI=1S/C34H35FN8O3/c1-3-42-23-37-18-28(42)20-43-31-16-25(34(44)45-2)8-9-30(31)39-33(43)21-41-13-11-40(12-14-41)19-26-5-4-6-27(38-26)22-46-32-10-7-24(17-36)15-29(32)35/h4-10,15-16,18,23H,3,11-14,19-22H2,1-2H3. The van der Waals surface area contributed by atoms with Gasteiger partial charge in [-0.15, -0.1) is 0 Å². The van der Waals surface area contributed by atoms with Crippen LogP contribution >= 0.6 is 0 Å². The lowest BCUT2D eigenvalue weighted by Gasteiger charge is -2.34. The number of benzene rings is 2. The fraction of sp³-hybridized carbons (Fsp3) is 0.324. The number of aromatic nitrogens is 5. The van der Waals surface area contributed by atoms with Crippen LogP contribution in [0.1, 0.15) is 45.8 Å². The first-order chi connectivity index (χ1) is 22.4. The van der Waals surface area contributed by atoms with Gasteiger partial charge < -0.3 is 18.6 Å². The molecule has 1 aliphatic heterocycles. The Balaban J connectivity index is 1.10. The van der Waals surface area contributed by atoms with E-state index < -0.39 is 5.82 Å². The molecule has 236 valence electrons. The molecule has 0 unspecified atom stereocenters. The van der Waals surface area contributed by atoms with Gasteiger partial charge in [0.15, 0.2) is 11.6 Å². The van der Waals surface area contributed by atoms with Gasteiger partial charge in [-0.2, -0.15) is 5.26 Å². The van der Waals surface area contributed by atoms with Gasteiger partial charge in [0.2, 0.25) is 0 Å². The molecule has 4 heterocycles. The molecule has 0 radical (unpaired) electrons. The molecule has 0 amide bonds. The smallest absolute Gasteiger partial charge is 0.337 e. The Bertz CT molecular complexity index is 1890. The number of imidazole rings is 2.